The molecule has 1 aromatic carbocycles. The van der Waals surface area contributed by atoms with Gasteiger partial charge in [0.05, 0.1) is 6.10 Å². The average Bonchev–Trinajstić information content (AvgIpc) is 2.29. The van der Waals surface area contributed by atoms with E-state index in [1.165, 1.54) is 4.90 Å². The van der Waals surface area contributed by atoms with Gasteiger partial charge in [-0.25, -0.2) is 0 Å². The standard InChI is InChI=1S/C13H18OS/c1-3-4-5-6-13(14)11-7-9-12(15-2)10-8-11/h3,7-10,13-14H,1,4-6H2,2H3. The van der Waals surface area contributed by atoms with Gasteiger partial charge in [0, 0.05) is 4.90 Å². The van der Waals surface area contributed by atoms with Gasteiger partial charge < -0.3 is 5.11 Å². The Balaban J connectivity index is 2.50. The van der Waals surface area contributed by atoms with E-state index in [4.69, 9.17) is 0 Å². The molecular weight excluding hydrogens is 204 g/mol. The molecule has 0 aliphatic rings. The third kappa shape index (κ3) is 4.10. The van der Waals surface area contributed by atoms with Gasteiger partial charge in [0.15, 0.2) is 0 Å². The first-order chi connectivity index (χ1) is 7.27. The van der Waals surface area contributed by atoms with Crippen LogP contribution in [-0.2, 0) is 0 Å². The Morgan fingerprint density at radius 2 is 2.07 bits per heavy atom. The van der Waals surface area contributed by atoms with Crippen molar-refractivity contribution in [3.63, 3.8) is 0 Å². The van der Waals surface area contributed by atoms with Crippen LogP contribution in [0, 0.1) is 0 Å². The molecule has 1 rings (SSSR count). The minimum atomic E-state index is -0.333. The number of unbranched alkanes of at least 4 members (excludes halogenated alkanes) is 1. The number of rotatable bonds is 6. The molecular formula is C13H18OS. The van der Waals surface area contributed by atoms with Crippen LogP contribution in [0.5, 0.6) is 0 Å². The fourth-order valence-corrected chi connectivity index (χ4v) is 1.86. The van der Waals surface area contributed by atoms with Crippen LogP contribution in [0.3, 0.4) is 0 Å². The predicted molar refractivity (Wildman–Crippen MR) is 67.2 cm³/mol. The van der Waals surface area contributed by atoms with Crippen molar-refractivity contribution in [3.05, 3.63) is 42.5 Å². The van der Waals surface area contributed by atoms with Crippen LogP contribution >= 0.6 is 11.8 Å². The van der Waals surface area contributed by atoms with E-state index in [1.807, 2.05) is 18.2 Å². The number of aliphatic hydroxyl groups is 1. The maximum absolute atomic E-state index is 9.87. The Morgan fingerprint density at radius 1 is 1.40 bits per heavy atom. The number of allylic oxidation sites excluding steroid dienone is 1. The van der Waals surface area contributed by atoms with Crippen molar-refractivity contribution in [1.82, 2.24) is 0 Å². The van der Waals surface area contributed by atoms with Gasteiger partial charge in [-0.2, -0.15) is 0 Å². The van der Waals surface area contributed by atoms with Gasteiger partial charge in [-0.3, -0.25) is 0 Å². The van der Waals surface area contributed by atoms with E-state index in [1.54, 1.807) is 11.8 Å². The molecule has 0 spiro atoms. The molecule has 1 aromatic rings. The van der Waals surface area contributed by atoms with Crippen molar-refractivity contribution < 1.29 is 5.11 Å². The molecule has 1 atom stereocenters. The zero-order valence-electron chi connectivity index (χ0n) is 9.15. The molecule has 0 aliphatic carbocycles. The summed E-state index contributed by atoms with van der Waals surface area (Å²) in [7, 11) is 0. The summed E-state index contributed by atoms with van der Waals surface area (Å²) < 4.78 is 0. The summed E-state index contributed by atoms with van der Waals surface area (Å²) in [6.45, 7) is 3.67. The second-order valence-corrected chi connectivity index (χ2v) is 4.39. The third-order valence-electron chi connectivity index (χ3n) is 2.39. The number of thioether (sulfide) groups is 1. The summed E-state index contributed by atoms with van der Waals surface area (Å²) in [5.74, 6) is 0. The highest BCUT2D eigenvalue weighted by molar-refractivity contribution is 7.98. The van der Waals surface area contributed by atoms with Crippen molar-refractivity contribution in [1.29, 1.82) is 0 Å². The van der Waals surface area contributed by atoms with Crippen LogP contribution in [-0.4, -0.2) is 11.4 Å². The Morgan fingerprint density at radius 3 is 2.60 bits per heavy atom. The second-order valence-electron chi connectivity index (χ2n) is 3.51. The van der Waals surface area contributed by atoms with E-state index in [0.29, 0.717) is 0 Å². The molecule has 1 N–H and O–H groups in total. The topological polar surface area (TPSA) is 20.2 Å². The molecule has 1 unspecified atom stereocenters. The maximum Gasteiger partial charge on any atom is 0.0790 e. The van der Waals surface area contributed by atoms with Crippen molar-refractivity contribution in [3.8, 4) is 0 Å². The van der Waals surface area contributed by atoms with Gasteiger partial charge in [0.2, 0.25) is 0 Å². The van der Waals surface area contributed by atoms with Crippen LogP contribution in [0.4, 0.5) is 0 Å². The summed E-state index contributed by atoms with van der Waals surface area (Å²) in [5, 5.41) is 9.87. The molecule has 0 amide bonds. The zero-order valence-corrected chi connectivity index (χ0v) is 9.96. The van der Waals surface area contributed by atoms with Crippen molar-refractivity contribution in [2.24, 2.45) is 0 Å². The fourth-order valence-electron chi connectivity index (χ4n) is 1.45. The monoisotopic (exact) mass is 222 g/mol. The zero-order chi connectivity index (χ0) is 11.1. The molecule has 0 bridgehead atoms. The van der Waals surface area contributed by atoms with E-state index in [9.17, 15) is 5.11 Å². The van der Waals surface area contributed by atoms with Gasteiger partial charge in [0.1, 0.15) is 0 Å². The second kappa shape index (κ2) is 6.70. The smallest absolute Gasteiger partial charge is 0.0790 e. The molecule has 0 heterocycles. The normalized spacial score (nSPS) is 12.4. The van der Waals surface area contributed by atoms with Gasteiger partial charge in [-0.15, -0.1) is 18.3 Å². The van der Waals surface area contributed by atoms with Crippen LogP contribution in [0.15, 0.2) is 41.8 Å². The molecule has 1 nitrogen and oxygen atoms in total. The molecule has 82 valence electrons. The SMILES string of the molecule is C=CCCCC(O)c1ccc(SC)cc1. The Kier molecular flexibility index (Phi) is 5.51. The van der Waals surface area contributed by atoms with Gasteiger partial charge >= 0.3 is 0 Å². The molecule has 0 fully saturated rings. The molecule has 0 saturated heterocycles. The number of benzene rings is 1. The van der Waals surface area contributed by atoms with Crippen molar-refractivity contribution in [2.75, 3.05) is 6.26 Å². The largest absolute Gasteiger partial charge is 0.388 e. The van der Waals surface area contributed by atoms with Gasteiger partial charge in [-0.1, -0.05) is 18.2 Å². The van der Waals surface area contributed by atoms with Crippen LogP contribution in [0.1, 0.15) is 30.9 Å². The van der Waals surface area contributed by atoms with Crippen LogP contribution in [0.25, 0.3) is 0 Å². The first kappa shape index (κ1) is 12.3. The lowest BCUT2D eigenvalue weighted by molar-refractivity contribution is 0.165. The highest BCUT2D eigenvalue weighted by Crippen LogP contribution is 2.22. The highest BCUT2D eigenvalue weighted by atomic mass is 32.2. The Bertz CT molecular complexity index is 292. The minimum absolute atomic E-state index is 0.333. The van der Waals surface area contributed by atoms with Gasteiger partial charge in [-0.05, 0) is 43.2 Å². The van der Waals surface area contributed by atoms with Crippen molar-refractivity contribution >= 4 is 11.8 Å². The maximum atomic E-state index is 9.87. The third-order valence-corrected chi connectivity index (χ3v) is 3.13. The summed E-state index contributed by atoms with van der Waals surface area (Å²) in [4.78, 5) is 1.23. The van der Waals surface area contributed by atoms with E-state index in [-0.39, 0.29) is 6.10 Å². The first-order valence-electron chi connectivity index (χ1n) is 5.21. The first-order valence-corrected chi connectivity index (χ1v) is 6.43. The minimum Gasteiger partial charge on any atom is -0.388 e. The fraction of sp³-hybridized carbons (Fsp3) is 0.385. The molecule has 0 radical (unpaired) electrons. The van der Waals surface area contributed by atoms with E-state index < -0.39 is 0 Å². The summed E-state index contributed by atoms with van der Waals surface area (Å²) in [5.41, 5.74) is 1.01. The Hall–Kier alpha value is -0.730. The average molecular weight is 222 g/mol. The molecule has 0 aliphatic heterocycles. The van der Waals surface area contributed by atoms with E-state index >= 15 is 0 Å². The number of hydrogen-bond donors (Lipinski definition) is 1. The lowest BCUT2D eigenvalue weighted by atomic mass is 10.0. The highest BCUT2D eigenvalue weighted by Gasteiger charge is 2.06. The summed E-state index contributed by atoms with van der Waals surface area (Å²) in [6, 6.07) is 8.11. The molecule has 15 heavy (non-hydrogen) atoms. The van der Waals surface area contributed by atoms with E-state index in [2.05, 4.69) is 25.0 Å². The number of hydrogen-bond acceptors (Lipinski definition) is 2. The van der Waals surface area contributed by atoms with Crippen molar-refractivity contribution in [2.45, 2.75) is 30.3 Å². The van der Waals surface area contributed by atoms with E-state index in [0.717, 1.165) is 24.8 Å². The van der Waals surface area contributed by atoms with Crippen LogP contribution in [0.2, 0.25) is 0 Å². The van der Waals surface area contributed by atoms with Crippen LogP contribution < -0.4 is 0 Å². The summed E-state index contributed by atoms with van der Waals surface area (Å²) >= 11 is 1.72. The molecule has 2 heteroatoms. The lowest BCUT2D eigenvalue weighted by Gasteiger charge is -2.10. The predicted octanol–water partition coefficient (Wildman–Crippen LogP) is 3.80. The molecule has 0 aromatic heterocycles. The van der Waals surface area contributed by atoms with Gasteiger partial charge in [0.25, 0.3) is 0 Å². The lowest BCUT2D eigenvalue weighted by Crippen LogP contribution is -1.96. The Labute approximate surface area is 96.2 Å². The quantitative estimate of drug-likeness (QED) is 0.449. The molecule has 0 saturated carbocycles. The summed E-state index contributed by atoms with van der Waals surface area (Å²) in [6.07, 6.45) is 6.39. The number of aliphatic hydroxyl groups excluding tert-OH is 1.